The van der Waals surface area contributed by atoms with E-state index in [0.717, 1.165) is 30.0 Å². The Morgan fingerprint density at radius 1 is 1.37 bits per heavy atom. The summed E-state index contributed by atoms with van der Waals surface area (Å²) in [7, 11) is 0. The lowest BCUT2D eigenvalue weighted by Crippen LogP contribution is -2.41. The number of hydrogen-bond acceptors (Lipinski definition) is 2. The van der Waals surface area contributed by atoms with E-state index in [1.165, 1.54) is 43.2 Å². The molecule has 142 valence electrons. The zero-order valence-electron chi connectivity index (χ0n) is 16.5. The van der Waals surface area contributed by atoms with Gasteiger partial charge in [0.25, 0.3) is 0 Å². The first kappa shape index (κ1) is 18.1. The van der Waals surface area contributed by atoms with E-state index in [9.17, 15) is 0 Å². The highest BCUT2D eigenvalue weighted by atomic mass is 15.2. The highest BCUT2D eigenvalue weighted by Crippen LogP contribution is 2.65. The van der Waals surface area contributed by atoms with Gasteiger partial charge in [-0.15, -0.1) is 11.6 Å². The molecule has 4 bridgehead atoms. The Morgan fingerprint density at radius 3 is 2.78 bits per heavy atom. The summed E-state index contributed by atoms with van der Waals surface area (Å²) in [5, 5.41) is 16.0. The fraction of sp³-hybridized carbons (Fsp3) is 0.565. The van der Waals surface area contributed by atoms with Crippen molar-refractivity contribution in [1.82, 2.24) is 5.32 Å². The number of nitrogens with zero attached hydrogens (tertiary/aromatic N) is 2. The maximum absolute atomic E-state index is 9.16. The van der Waals surface area contributed by atoms with Gasteiger partial charge in [0.1, 0.15) is 0 Å². The van der Waals surface area contributed by atoms with Crippen molar-refractivity contribution in [3.63, 3.8) is 0 Å². The second kappa shape index (κ2) is 7.03. The van der Waals surface area contributed by atoms with Crippen molar-refractivity contribution in [2.45, 2.75) is 51.9 Å². The highest BCUT2D eigenvalue weighted by Gasteiger charge is 2.57. The van der Waals surface area contributed by atoms with Crippen LogP contribution in [0.1, 0.15) is 56.1 Å². The monoisotopic (exact) mass is 362 g/mol. The number of nitrogens with one attached hydrogen (secondary N) is 2. The number of hydrogen-bond donors (Lipinski definition) is 2. The molecule has 1 aromatic rings. The zero-order chi connectivity index (χ0) is 19.0. The SMILES string of the molecule is C=C[C@@H](C)c1cccc(N/C(=N/C#N)NCC23CC4CC(CC2C4)C3)c1C. The van der Waals surface area contributed by atoms with Gasteiger partial charge < -0.3 is 10.6 Å². The summed E-state index contributed by atoms with van der Waals surface area (Å²) in [6, 6.07) is 6.23. The van der Waals surface area contributed by atoms with E-state index in [1.807, 2.05) is 24.4 Å². The number of guanidine groups is 1. The molecule has 0 saturated heterocycles. The zero-order valence-corrected chi connectivity index (χ0v) is 16.5. The highest BCUT2D eigenvalue weighted by molar-refractivity contribution is 5.95. The molecule has 3 atom stereocenters. The summed E-state index contributed by atoms with van der Waals surface area (Å²) in [5.74, 6) is 3.61. The maximum Gasteiger partial charge on any atom is 0.211 e. The lowest BCUT2D eigenvalue weighted by molar-refractivity contribution is 0.202. The molecule has 5 rings (SSSR count). The van der Waals surface area contributed by atoms with Crippen molar-refractivity contribution < 1.29 is 0 Å². The summed E-state index contributed by atoms with van der Waals surface area (Å²) in [6.07, 6.45) is 10.9. The van der Waals surface area contributed by atoms with Crippen molar-refractivity contribution in [3.05, 3.63) is 42.0 Å². The molecule has 1 aromatic carbocycles. The van der Waals surface area contributed by atoms with Crippen LogP contribution in [0.3, 0.4) is 0 Å². The van der Waals surface area contributed by atoms with Crippen LogP contribution in [0.5, 0.6) is 0 Å². The Hall–Kier alpha value is -2.28. The molecule has 4 heteroatoms. The van der Waals surface area contributed by atoms with Gasteiger partial charge in [0, 0.05) is 12.2 Å². The van der Waals surface area contributed by atoms with Crippen LogP contribution in [-0.4, -0.2) is 12.5 Å². The van der Waals surface area contributed by atoms with Crippen molar-refractivity contribution in [2.75, 3.05) is 11.9 Å². The number of rotatable bonds is 5. The third-order valence-electron chi connectivity index (χ3n) is 7.40. The molecule has 2 N–H and O–H groups in total. The molecule has 2 unspecified atom stereocenters. The normalized spacial score (nSPS) is 32.2. The molecular formula is C23H30N4. The summed E-state index contributed by atoms with van der Waals surface area (Å²) in [4.78, 5) is 4.04. The van der Waals surface area contributed by atoms with E-state index in [1.54, 1.807) is 0 Å². The van der Waals surface area contributed by atoms with Crippen LogP contribution in [0.25, 0.3) is 0 Å². The van der Waals surface area contributed by atoms with Crippen LogP contribution in [0.4, 0.5) is 5.69 Å². The first-order valence-corrected chi connectivity index (χ1v) is 10.2. The van der Waals surface area contributed by atoms with Gasteiger partial charge in [-0.25, -0.2) is 0 Å². The number of anilines is 1. The molecule has 4 saturated carbocycles. The molecule has 4 fully saturated rings. The van der Waals surface area contributed by atoms with Gasteiger partial charge in [-0.1, -0.05) is 25.1 Å². The van der Waals surface area contributed by atoms with Crippen molar-refractivity contribution in [1.29, 1.82) is 5.26 Å². The van der Waals surface area contributed by atoms with E-state index in [0.29, 0.717) is 17.3 Å². The first-order valence-electron chi connectivity index (χ1n) is 10.2. The smallest absolute Gasteiger partial charge is 0.211 e. The molecule has 4 aliphatic carbocycles. The molecule has 0 spiro atoms. The van der Waals surface area contributed by atoms with Crippen molar-refractivity contribution >= 4 is 11.6 Å². The minimum absolute atomic E-state index is 0.291. The Kier molecular flexibility index (Phi) is 4.72. The van der Waals surface area contributed by atoms with E-state index >= 15 is 0 Å². The van der Waals surface area contributed by atoms with Gasteiger partial charge in [-0.05, 0) is 85.3 Å². The molecule has 0 aromatic heterocycles. The van der Waals surface area contributed by atoms with Crippen LogP contribution in [0, 0.1) is 41.5 Å². The average Bonchev–Trinajstić information content (AvgIpc) is 3.05. The second-order valence-corrected chi connectivity index (χ2v) is 8.99. The first-order chi connectivity index (χ1) is 13.0. The van der Waals surface area contributed by atoms with Crippen LogP contribution in [0.2, 0.25) is 0 Å². The molecule has 0 amide bonds. The minimum Gasteiger partial charge on any atom is -0.355 e. The number of benzene rings is 1. The van der Waals surface area contributed by atoms with Gasteiger partial charge in [0.05, 0.1) is 0 Å². The molecule has 0 heterocycles. The van der Waals surface area contributed by atoms with Crippen LogP contribution < -0.4 is 10.6 Å². The summed E-state index contributed by atoms with van der Waals surface area (Å²) >= 11 is 0. The fourth-order valence-corrected chi connectivity index (χ4v) is 6.21. The van der Waals surface area contributed by atoms with Crippen molar-refractivity contribution in [2.24, 2.45) is 28.2 Å². The number of nitriles is 1. The summed E-state index contributed by atoms with van der Waals surface area (Å²) in [6.45, 7) is 9.10. The molecule has 4 aliphatic rings. The van der Waals surface area contributed by atoms with Crippen LogP contribution >= 0.6 is 0 Å². The number of allylic oxidation sites excluding steroid dienone is 1. The van der Waals surface area contributed by atoms with Crippen LogP contribution in [-0.2, 0) is 0 Å². The van der Waals surface area contributed by atoms with Gasteiger partial charge in [-0.3, -0.25) is 0 Å². The van der Waals surface area contributed by atoms with E-state index in [2.05, 4.69) is 42.1 Å². The lowest BCUT2D eigenvalue weighted by atomic mass is 9.75. The maximum atomic E-state index is 9.16. The molecular weight excluding hydrogens is 332 g/mol. The van der Waals surface area contributed by atoms with Gasteiger partial charge in [-0.2, -0.15) is 5.26 Å². The fourth-order valence-electron chi connectivity index (χ4n) is 6.21. The van der Waals surface area contributed by atoms with E-state index in [4.69, 9.17) is 5.26 Å². The molecule has 4 nitrogen and oxygen atoms in total. The Labute approximate surface area is 162 Å². The van der Waals surface area contributed by atoms with Crippen LogP contribution in [0.15, 0.2) is 35.8 Å². The number of aliphatic imine (C=N–C) groups is 1. The van der Waals surface area contributed by atoms with Gasteiger partial charge in [0.2, 0.25) is 12.2 Å². The third kappa shape index (κ3) is 3.25. The second-order valence-electron chi connectivity index (χ2n) is 8.99. The predicted octanol–water partition coefficient (Wildman–Crippen LogP) is 4.95. The van der Waals surface area contributed by atoms with E-state index < -0.39 is 0 Å². The molecule has 0 radical (unpaired) electrons. The Balaban J connectivity index is 1.48. The quantitative estimate of drug-likeness (QED) is 0.337. The Morgan fingerprint density at radius 2 is 2.11 bits per heavy atom. The largest absolute Gasteiger partial charge is 0.355 e. The standard InChI is InChI=1S/C23H30N4/c1-4-15(2)20-6-5-7-21(16(20)3)27-22(26-14-24)25-13-23-11-17-8-18(12-23)10-19(23)9-17/h4-7,15,17-19H,1,8-13H2,2-3H3,(H2,25,26,27)/t15-,17?,18?,19?,23?/m1/s1. The lowest BCUT2D eigenvalue weighted by Gasteiger charge is -2.33. The third-order valence-corrected chi connectivity index (χ3v) is 7.40. The topological polar surface area (TPSA) is 60.2 Å². The minimum atomic E-state index is 0.291. The van der Waals surface area contributed by atoms with Crippen molar-refractivity contribution in [3.8, 4) is 6.19 Å². The Bertz CT molecular complexity index is 789. The average molecular weight is 363 g/mol. The van der Waals surface area contributed by atoms with Gasteiger partial charge >= 0.3 is 0 Å². The molecule has 27 heavy (non-hydrogen) atoms. The summed E-state index contributed by atoms with van der Waals surface area (Å²) in [5.41, 5.74) is 3.85. The van der Waals surface area contributed by atoms with Gasteiger partial charge in [0.15, 0.2) is 0 Å². The predicted molar refractivity (Wildman–Crippen MR) is 110 cm³/mol. The summed E-state index contributed by atoms with van der Waals surface area (Å²) < 4.78 is 0. The van der Waals surface area contributed by atoms with E-state index in [-0.39, 0.29) is 0 Å². The molecule has 0 aliphatic heterocycles.